The summed E-state index contributed by atoms with van der Waals surface area (Å²) in [5.74, 6) is 10.8. The summed E-state index contributed by atoms with van der Waals surface area (Å²) in [4.78, 5) is 19.3. The average Bonchev–Trinajstić information content (AvgIpc) is 2.72. The lowest BCUT2D eigenvalue weighted by molar-refractivity contribution is -0.137. The van der Waals surface area contributed by atoms with E-state index in [2.05, 4.69) is 27.1 Å². The van der Waals surface area contributed by atoms with Crippen LogP contribution in [0.3, 0.4) is 0 Å². The molecule has 0 saturated carbocycles. The highest BCUT2D eigenvalue weighted by Crippen LogP contribution is 2.41. The minimum atomic E-state index is -4.64. The number of nitrogens with two attached hydrogens (primary N) is 2. The molecule has 30 heavy (non-hydrogen) atoms. The monoisotopic (exact) mass is 412 g/mol. The van der Waals surface area contributed by atoms with E-state index in [1.54, 1.807) is 12.1 Å². The zero-order valence-corrected chi connectivity index (χ0v) is 15.3. The van der Waals surface area contributed by atoms with Gasteiger partial charge in [-0.05, 0) is 29.8 Å². The molecule has 0 aliphatic carbocycles. The van der Waals surface area contributed by atoms with Crippen LogP contribution in [0.5, 0.6) is 0 Å². The minimum Gasteiger partial charge on any atom is -0.368 e. The van der Waals surface area contributed by atoms with Crippen molar-refractivity contribution in [3.8, 4) is 23.0 Å². The van der Waals surface area contributed by atoms with Crippen LogP contribution in [-0.4, -0.2) is 16.0 Å². The van der Waals surface area contributed by atoms with E-state index in [-0.39, 0.29) is 22.8 Å². The van der Waals surface area contributed by atoms with Crippen LogP contribution in [-0.2, 0) is 6.18 Å². The van der Waals surface area contributed by atoms with Crippen LogP contribution >= 0.6 is 0 Å². The lowest BCUT2D eigenvalue weighted by atomic mass is 9.95. The van der Waals surface area contributed by atoms with Gasteiger partial charge in [-0.25, -0.2) is 20.6 Å². The fraction of sp³-hybridized carbons (Fsp3) is 0.0500. The first-order valence-corrected chi connectivity index (χ1v) is 8.45. The van der Waals surface area contributed by atoms with Crippen LogP contribution in [0.1, 0.15) is 16.7 Å². The van der Waals surface area contributed by atoms with Crippen LogP contribution in [0.2, 0.25) is 0 Å². The normalized spacial score (nSPS) is 10.7. The zero-order chi connectivity index (χ0) is 21.7. The van der Waals surface area contributed by atoms with Gasteiger partial charge in [0.15, 0.2) is 0 Å². The average molecular weight is 412 g/mol. The van der Waals surface area contributed by atoms with Gasteiger partial charge in [0, 0.05) is 23.5 Å². The number of hydrazine groups is 1. The largest absolute Gasteiger partial charge is 0.417 e. The fourth-order valence-electron chi connectivity index (χ4n) is 2.66. The van der Waals surface area contributed by atoms with Gasteiger partial charge in [-0.2, -0.15) is 13.2 Å². The molecule has 0 saturated heterocycles. The summed E-state index contributed by atoms with van der Waals surface area (Å²) in [7, 11) is 0. The van der Waals surface area contributed by atoms with Crippen molar-refractivity contribution in [3.63, 3.8) is 0 Å². The molecule has 0 bridgehead atoms. The number of aromatic nitrogens is 2. The van der Waals surface area contributed by atoms with Crippen molar-refractivity contribution in [2.75, 3.05) is 11.1 Å². The quantitative estimate of drug-likeness (QED) is 0.223. The molecule has 0 unspecified atom stereocenters. The number of hydrogen-bond donors (Lipinski definition) is 4. The number of urea groups is 1. The SMILES string of the molecule is NNC(=O)Nc1cccc(C(F)(F)F)c1-c1cccc(C#Cc2cnc(N)nc2)c1. The number of alkyl halides is 3. The summed E-state index contributed by atoms with van der Waals surface area (Å²) < 4.78 is 40.9. The Morgan fingerprint density at radius 3 is 2.33 bits per heavy atom. The van der Waals surface area contributed by atoms with Crippen molar-refractivity contribution >= 4 is 17.7 Å². The maximum absolute atomic E-state index is 13.6. The first-order valence-electron chi connectivity index (χ1n) is 8.45. The van der Waals surface area contributed by atoms with Gasteiger partial charge >= 0.3 is 12.2 Å². The smallest absolute Gasteiger partial charge is 0.368 e. The molecule has 6 N–H and O–H groups in total. The van der Waals surface area contributed by atoms with E-state index in [1.165, 1.54) is 36.7 Å². The molecule has 7 nitrogen and oxygen atoms in total. The van der Waals surface area contributed by atoms with E-state index in [9.17, 15) is 18.0 Å². The van der Waals surface area contributed by atoms with Gasteiger partial charge in [0.05, 0.1) is 16.8 Å². The lowest BCUT2D eigenvalue weighted by Crippen LogP contribution is -2.34. The van der Waals surface area contributed by atoms with Crippen LogP contribution < -0.4 is 22.3 Å². The number of hydrogen-bond acceptors (Lipinski definition) is 5. The Labute approximate surface area is 169 Å². The number of rotatable bonds is 2. The maximum atomic E-state index is 13.6. The number of halogens is 3. The molecule has 0 radical (unpaired) electrons. The molecule has 0 aliphatic rings. The zero-order valence-electron chi connectivity index (χ0n) is 15.3. The summed E-state index contributed by atoms with van der Waals surface area (Å²) in [6, 6.07) is 8.82. The molecule has 10 heteroatoms. The van der Waals surface area contributed by atoms with Crippen LogP contribution in [0.15, 0.2) is 54.9 Å². The highest BCUT2D eigenvalue weighted by molar-refractivity contribution is 5.95. The van der Waals surface area contributed by atoms with Crippen molar-refractivity contribution in [3.05, 3.63) is 71.5 Å². The number of carbonyl (C=O) groups is 1. The predicted octanol–water partition coefficient (Wildman–Crippen LogP) is 3.14. The third-order valence-corrected chi connectivity index (χ3v) is 3.92. The van der Waals surface area contributed by atoms with Gasteiger partial charge in [-0.3, -0.25) is 5.43 Å². The van der Waals surface area contributed by atoms with Crippen LogP contribution in [0.25, 0.3) is 11.1 Å². The molecule has 1 heterocycles. The molecule has 0 spiro atoms. The molecular weight excluding hydrogens is 397 g/mol. The van der Waals surface area contributed by atoms with Crippen molar-refractivity contribution in [2.24, 2.45) is 5.84 Å². The van der Waals surface area contributed by atoms with Gasteiger partial charge < -0.3 is 11.1 Å². The third-order valence-electron chi connectivity index (χ3n) is 3.92. The number of nitrogens with zero attached hydrogens (tertiary/aromatic N) is 2. The number of anilines is 2. The Morgan fingerprint density at radius 2 is 1.67 bits per heavy atom. The Bertz CT molecular complexity index is 1130. The van der Waals surface area contributed by atoms with Crippen molar-refractivity contribution in [2.45, 2.75) is 6.18 Å². The summed E-state index contributed by atoms with van der Waals surface area (Å²) in [6.45, 7) is 0. The number of nitrogens with one attached hydrogen (secondary N) is 2. The first-order chi connectivity index (χ1) is 14.3. The first kappa shape index (κ1) is 20.6. The Hall–Kier alpha value is -4.10. The lowest BCUT2D eigenvalue weighted by Gasteiger charge is -2.18. The molecule has 3 rings (SSSR count). The Balaban J connectivity index is 2.08. The molecule has 2 amide bonds. The minimum absolute atomic E-state index is 0.0511. The topological polar surface area (TPSA) is 119 Å². The van der Waals surface area contributed by atoms with Crippen LogP contribution in [0, 0.1) is 11.8 Å². The van der Waals surface area contributed by atoms with E-state index in [1.807, 2.05) is 5.43 Å². The molecule has 3 aromatic rings. The van der Waals surface area contributed by atoms with Gasteiger partial charge in [0.1, 0.15) is 0 Å². The number of benzene rings is 2. The van der Waals surface area contributed by atoms with Crippen LogP contribution in [0.4, 0.5) is 29.6 Å². The van der Waals surface area contributed by atoms with E-state index in [0.29, 0.717) is 11.1 Å². The molecule has 152 valence electrons. The summed E-state index contributed by atoms with van der Waals surface area (Å²) in [5.41, 5.74) is 7.26. The molecule has 0 aliphatic heterocycles. The highest BCUT2D eigenvalue weighted by atomic mass is 19.4. The van der Waals surface area contributed by atoms with E-state index < -0.39 is 17.8 Å². The van der Waals surface area contributed by atoms with Gasteiger partial charge in [0.25, 0.3) is 0 Å². The second kappa shape index (κ2) is 8.50. The molecular formula is C20H15F3N6O. The van der Waals surface area contributed by atoms with E-state index in [0.717, 1.165) is 6.07 Å². The van der Waals surface area contributed by atoms with Crippen molar-refractivity contribution in [1.29, 1.82) is 0 Å². The second-order valence-electron chi connectivity index (χ2n) is 5.99. The Kier molecular flexibility index (Phi) is 5.85. The summed E-state index contributed by atoms with van der Waals surface area (Å²) in [6.07, 6.45) is -1.77. The summed E-state index contributed by atoms with van der Waals surface area (Å²) in [5, 5.41) is 2.31. The van der Waals surface area contributed by atoms with Gasteiger partial charge in [-0.15, -0.1) is 0 Å². The fourth-order valence-corrected chi connectivity index (χ4v) is 2.66. The van der Waals surface area contributed by atoms with Crippen molar-refractivity contribution in [1.82, 2.24) is 15.4 Å². The van der Waals surface area contributed by atoms with E-state index in [4.69, 9.17) is 11.6 Å². The number of carbonyl (C=O) groups excluding carboxylic acids is 1. The summed E-state index contributed by atoms with van der Waals surface area (Å²) >= 11 is 0. The maximum Gasteiger partial charge on any atom is 0.417 e. The van der Waals surface area contributed by atoms with Crippen molar-refractivity contribution < 1.29 is 18.0 Å². The Morgan fingerprint density at radius 1 is 1.00 bits per heavy atom. The predicted molar refractivity (Wildman–Crippen MR) is 106 cm³/mol. The molecule has 1 aromatic heterocycles. The third kappa shape index (κ3) is 4.84. The van der Waals surface area contributed by atoms with Gasteiger partial charge in [-0.1, -0.05) is 30.0 Å². The highest BCUT2D eigenvalue weighted by Gasteiger charge is 2.35. The molecule has 2 aromatic carbocycles. The number of amides is 2. The standard InChI is InChI=1S/C20H15F3N6O/c21-20(22,23)15-5-2-6-16(28-19(30)29-25)17(15)14-4-1-3-12(9-14)7-8-13-10-26-18(24)27-11-13/h1-6,9-11H,25H2,(H2,24,26,27)(H2,28,29,30). The molecule has 0 atom stereocenters. The van der Waals surface area contributed by atoms with E-state index >= 15 is 0 Å². The second-order valence-corrected chi connectivity index (χ2v) is 5.99. The number of nitrogen functional groups attached to an aromatic ring is 1. The molecule has 0 fully saturated rings. The van der Waals surface area contributed by atoms with Gasteiger partial charge in [0.2, 0.25) is 5.95 Å².